The lowest BCUT2D eigenvalue weighted by Gasteiger charge is -2.19. The second kappa shape index (κ2) is 8.44. The number of para-hydroxylation sites is 2. The standard InChI is InChI=1S/C20H23N3O2/c1-2-25-14-8-13-21-20(24)19(16-9-4-3-5-10-16)23-15-22-17-11-6-7-12-18(17)23/h3-7,9-12,15,19H,2,8,13-14H2,1H3,(H,21,24)/t19-/m0/s1. The zero-order valence-corrected chi connectivity index (χ0v) is 14.4. The summed E-state index contributed by atoms with van der Waals surface area (Å²) < 4.78 is 7.26. The first kappa shape index (κ1) is 17.2. The van der Waals surface area contributed by atoms with Crippen molar-refractivity contribution in [1.29, 1.82) is 0 Å². The first-order valence-electron chi connectivity index (χ1n) is 8.63. The van der Waals surface area contributed by atoms with Gasteiger partial charge in [-0.05, 0) is 31.0 Å². The molecule has 1 amide bonds. The molecule has 1 N–H and O–H groups in total. The molecule has 0 radical (unpaired) electrons. The Balaban J connectivity index is 1.85. The van der Waals surface area contributed by atoms with Crippen LogP contribution in [0.15, 0.2) is 60.9 Å². The number of hydrogen-bond donors (Lipinski definition) is 1. The highest BCUT2D eigenvalue weighted by atomic mass is 16.5. The third kappa shape index (κ3) is 4.06. The number of benzene rings is 2. The quantitative estimate of drug-likeness (QED) is 0.642. The van der Waals surface area contributed by atoms with Gasteiger partial charge < -0.3 is 14.6 Å². The van der Waals surface area contributed by atoms with Crippen molar-refractivity contribution in [1.82, 2.24) is 14.9 Å². The molecule has 0 spiro atoms. The monoisotopic (exact) mass is 337 g/mol. The predicted octanol–water partition coefficient (Wildman–Crippen LogP) is 3.17. The minimum Gasteiger partial charge on any atom is -0.382 e. The molecular weight excluding hydrogens is 314 g/mol. The highest BCUT2D eigenvalue weighted by molar-refractivity contribution is 5.86. The Kier molecular flexibility index (Phi) is 5.80. The van der Waals surface area contributed by atoms with Crippen molar-refractivity contribution in [3.63, 3.8) is 0 Å². The first-order valence-corrected chi connectivity index (χ1v) is 8.63. The normalized spacial score (nSPS) is 12.2. The van der Waals surface area contributed by atoms with Crippen molar-refractivity contribution in [2.45, 2.75) is 19.4 Å². The van der Waals surface area contributed by atoms with Crippen molar-refractivity contribution in [3.8, 4) is 0 Å². The summed E-state index contributed by atoms with van der Waals surface area (Å²) in [6, 6.07) is 17.2. The number of ether oxygens (including phenoxy) is 1. The number of carbonyl (C=O) groups is 1. The van der Waals surface area contributed by atoms with E-state index in [4.69, 9.17) is 4.74 Å². The fourth-order valence-corrected chi connectivity index (χ4v) is 2.88. The Morgan fingerprint density at radius 3 is 2.72 bits per heavy atom. The molecular formula is C20H23N3O2. The second-order valence-electron chi connectivity index (χ2n) is 5.80. The molecule has 2 aromatic carbocycles. The second-order valence-corrected chi connectivity index (χ2v) is 5.80. The van der Waals surface area contributed by atoms with Gasteiger partial charge in [-0.25, -0.2) is 4.98 Å². The van der Waals surface area contributed by atoms with Gasteiger partial charge in [0.05, 0.1) is 17.4 Å². The Hall–Kier alpha value is -2.66. The molecule has 0 aliphatic rings. The molecule has 0 aliphatic carbocycles. The van der Waals surface area contributed by atoms with Crippen LogP contribution in [0.4, 0.5) is 0 Å². The summed E-state index contributed by atoms with van der Waals surface area (Å²) >= 11 is 0. The lowest BCUT2D eigenvalue weighted by atomic mass is 10.1. The Labute approximate surface area is 147 Å². The number of carbonyl (C=O) groups excluding carboxylic acids is 1. The third-order valence-electron chi connectivity index (χ3n) is 4.09. The van der Waals surface area contributed by atoms with Gasteiger partial charge >= 0.3 is 0 Å². The van der Waals surface area contributed by atoms with Crippen LogP contribution in [0.1, 0.15) is 24.9 Å². The summed E-state index contributed by atoms with van der Waals surface area (Å²) in [7, 11) is 0. The molecule has 0 fully saturated rings. The lowest BCUT2D eigenvalue weighted by molar-refractivity contribution is -0.123. The number of nitrogens with zero attached hydrogens (tertiary/aromatic N) is 2. The largest absolute Gasteiger partial charge is 0.382 e. The highest BCUT2D eigenvalue weighted by Gasteiger charge is 2.23. The van der Waals surface area contributed by atoms with Gasteiger partial charge in [-0.1, -0.05) is 42.5 Å². The van der Waals surface area contributed by atoms with E-state index in [0.29, 0.717) is 19.8 Å². The third-order valence-corrected chi connectivity index (χ3v) is 4.09. The van der Waals surface area contributed by atoms with E-state index in [1.54, 1.807) is 6.33 Å². The van der Waals surface area contributed by atoms with Gasteiger partial charge in [0, 0.05) is 19.8 Å². The number of fused-ring (bicyclic) bond motifs is 1. The van der Waals surface area contributed by atoms with E-state index in [1.807, 2.05) is 66.1 Å². The predicted molar refractivity (Wildman–Crippen MR) is 98.4 cm³/mol. The lowest BCUT2D eigenvalue weighted by Crippen LogP contribution is -2.34. The smallest absolute Gasteiger partial charge is 0.247 e. The number of aromatic nitrogens is 2. The van der Waals surface area contributed by atoms with Crippen molar-refractivity contribution >= 4 is 16.9 Å². The maximum atomic E-state index is 12.9. The van der Waals surface area contributed by atoms with Crippen LogP contribution in [0.3, 0.4) is 0 Å². The van der Waals surface area contributed by atoms with E-state index in [-0.39, 0.29) is 5.91 Å². The number of amides is 1. The van der Waals surface area contributed by atoms with Crippen LogP contribution in [0.2, 0.25) is 0 Å². The molecule has 1 heterocycles. The van der Waals surface area contributed by atoms with Crippen LogP contribution in [-0.4, -0.2) is 35.2 Å². The van der Waals surface area contributed by atoms with E-state index < -0.39 is 6.04 Å². The van der Waals surface area contributed by atoms with Crippen LogP contribution in [0.5, 0.6) is 0 Å². The molecule has 0 bridgehead atoms. The molecule has 130 valence electrons. The molecule has 5 heteroatoms. The Morgan fingerprint density at radius 1 is 1.16 bits per heavy atom. The molecule has 0 saturated carbocycles. The molecule has 5 nitrogen and oxygen atoms in total. The first-order chi connectivity index (χ1) is 12.3. The summed E-state index contributed by atoms with van der Waals surface area (Å²) in [6.07, 6.45) is 2.54. The molecule has 1 aromatic heterocycles. The van der Waals surface area contributed by atoms with E-state index >= 15 is 0 Å². The van der Waals surface area contributed by atoms with Gasteiger partial charge in [-0.2, -0.15) is 0 Å². The van der Waals surface area contributed by atoms with E-state index in [0.717, 1.165) is 23.0 Å². The van der Waals surface area contributed by atoms with Crippen LogP contribution < -0.4 is 5.32 Å². The summed E-state index contributed by atoms with van der Waals surface area (Å²) in [5.74, 6) is -0.0362. The SMILES string of the molecule is CCOCCCNC(=O)[C@H](c1ccccc1)n1cnc2ccccc21. The topological polar surface area (TPSA) is 56.1 Å². The van der Waals surface area contributed by atoms with Gasteiger partial charge in [0.15, 0.2) is 0 Å². The maximum Gasteiger partial charge on any atom is 0.247 e. The van der Waals surface area contributed by atoms with E-state index in [9.17, 15) is 4.79 Å². The molecule has 3 rings (SSSR count). The molecule has 3 aromatic rings. The van der Waals surface area contributed by atoms with Crippen molar-refractivity contribution in [2.75, 3.05) is 19.8 Å². The van der Waals surface area contributed by atoms with Crippen molar-refractivity contribution in [2.24, 2.45) is 0 Å². The van der Waals surface area contributed by atoms with Gasteiger partial charge in [0.2, 0.25) is 5.91 Å². The average Bonchev–Trinajstić information content (AvgIpc) is 3.07. The van der Waals surface area contributed by atoms with Crippen LogP contribution in [0.25, 0.3) is 11.0 Å². The van der Waals surface area contributed by atoms with Crippen LogP contribution in [0, 0.1) is 0 Å². The molecule has 0 unspecified atom stereocenters. The zero-order chi connectivity index (χ0) is 17.5. The summed E-state index contributed by atoms with van der Waals surface area (Å²) in [6.45, 7) is 3.91. The van der Waals surface area contributed by atoms with E-state index in [2.05, 4.69) is 10.3 Å². The number of nitrogens with one attached hydrogen (secondary N) is 1. The fourth-order valence-electron chi connectivity index (χ4n) is 2.88. The minimum atomic E-state index is -0.444. The maximum absolute atomic E-state index is 12.9. The highest BCUT2D eigenvalue weighted by Crippen LogP contribution is 2.24. The molecule has 1 atom stereocenters. The number of imidazole rings is 1. The minimum absolute atomic E-state index is 0.0362. The Morgan fingerprint density at radius 2 is 1.92 bits per heavy atom. The summed E-state index contributed by atoms with van der Waals surface area (Å²) in [4.78, 5) is 17.3. The van der Waals surface area contributed by atoms with Crippen molar-refractivity contribution in [3.05, 3.63) is 66.5 Å². The van der Waals surface area contributed by atoms with Gasteiger partial charge in [0.1, 0.15) is 6.04 Å². The average molecular weight is 337 g/mol. The van der Waals surface area contributed by atoms with Crippen LogP contribution in [-0.2, 0) is 9.53 Å². The van der Waals surface area contributed by atoms with Gasteiger partial charge in [-0.3, -0.25) is 4.79 Å². The number of hydrogen-bond acceptors (Lipinski definition) is 3. The fraction of sp³-hybridized carbons (Fsp3) is 0.300. The molecule has 25 heavy (non-hydrogen) atoms. The number of rotatable bonds is 8. The Bertz CT molecular complexity index is 814. The van der Waals surface area contributed by atoms with Gasteiger partial charge in [-0.15, -0.1) is 0 Å². The van der Waals surface area contributed by atoms with Crippen LogP contribution >= 0.6 is 0 Å². The summed E-state index contributed by atoms with van der Waals surface area (Å²) in [5, 5.41) is 3.03. The molecule has 0 saturated heterocycles. The molecule has 0 aliphatic heterocycles. The van der Waals surface area contributed by atoms with Crippen molar-refractivity contribution < 1.29 is 9.53 Å². The van der Waals surface area contributed by atoms with E-state index in [1.165, 1.54) is 0 Å². The van der Waals surface area contributed by atoms with Gasteiger partial charge in [0.25, 0.3) is 0 Å². The zero-order valence-electron chi connectivity index (χ0n) is 14.4. The summed E-state index contributed by atoms with van der Waals surface area (Å²) in [5.41, 5.74) is 2.77.